The quantitative estimate of drug-likeness (QED) is 0.360. The number of hydrogen-bond acceptors (Lipinski definition) is 6. The second kappa shape index (κ2) is 9.03. The van der Waals surface area contributed by atoms with Crippen LogP contribution < -0.4 is 0 Å². The van der Waals surface area contributed by atoms with E-state index < -0.39 is 31.3 Å². The summed E-state index contributed by atoms with van der Waals surface area (Å²) in [7, 11) is -0.527. The zero-order valence-corrected chi connectivity index (χ0v) is 16.0. The Morgan fingerprint density at radius 3 is 1.96 bits per heavy atom. The van der Waals surface area contributed by atoms with Crippen molar-refractivity contribution in [2.75, 3.05) is 0 Å². The Morgan fingerprint density at radius 1 is 1.00 bits per heavy atom. The maximum Gasteiger partial charge on any atom is 0.461 e. The van der Waals surface area contributed by atoms with E-state index in [0.717, 1.165) is 12.8 Å². The Labute approximate surface area is 151 Å². The molecule has 1 aliphatic carbocycles. The predicted octanol–water partition coefficient (Wildman–Crippen LogP) is 3.13. The van der Waals surface area contributed by atoms with Crippen LogP contribution in [0.2, 0.25) is 5.82 Å². The maximum atomic E-state index is 12.3. The highest BCUT2D eigenvalue weighted by Crippen LogP contribution is 2.52. The van der Waals surface area contributed by atoms with Crippen molar-refractivity contribution in [3.05, 3.63) is 0 Å². The summed E-state index contributed by atoms with van der Waals surface area (Å²) in [6.45, 7) is 9.23. The summed E-state index contributed by atoms with van der Waals surface area (Å²) < 4.78 is 22.0. The average molecular weight is 354 g/mol. The van der Waals surface area contributed by atoms with Crippen LogP contribution in [-0.2, 0) is 28.4 Å². The van der Waals surface area contributed by atoms with Crippen LogP contribution in [0.4, 0.5) is 0 Å². The Bertz CT molecular complexity index is 436. The maximum absolute atomic E-state index is 12.3. The molecule has 0 N–H and O–H groups in total. The zero-order valence-electron chi connectivity index (χ0n) is 16.0. The van der Waals surface area contributed by atoms with Gasteiger partial charge in [-0.15, -0.1) is 0 Å². The summed E-state index contributed by atoms with van der Waals surface area (Å²) in [5.74, 6) is -0.320. The van der Waals surface area contributed by atoms with Gasteiger partial charge in [0.15, 0.2) is 12.2 Å². The molecule has 2 fully saturated rings. The molecule has 1 heterocycles. The van der Waals surface area contributed by atoms with Crippen LogP contribution in [0.15, 0.2) is 0 Å². The molecule has 4 atom stereocenters. The van der Waals surface area contributed by atoms with E-state index in [4.69, 9.17) is 18.8 Å². The first-order valence-electron chi connectivity index (χ1n) is 9.55. The number of hydrogen-bond donors (Lipinski definition) is 0. The molecule has 0 bridgehead atoms. The normalized spacial score (nSPS) is 28.5. The van der Waals surface area contributed by atoms with Crippen molar-refractivity contribution < 1.29 is 28.4 Å². The molecule has 0 spiro atoms. The minimum atomic E-state index is -1.05. The van der Waals surface area contributed by atoms with Gasteiger partial charge < -0.3 is 18.8 Å². The van der Waals surface area contributed by atoms with Gasteiger partial charge in [-0.2, -0.15) is 0 Å². The number of carbonyl (C=O) groups is 2. The first-order chi connectivity index (χ1) is 11.8. The van der Waals surface area contributed by atoms with Crippen molar-refractivity contribution in [2.45, 2.75) is 97.0 Å². The van der Waals surface area contributed by atoms with Gasteiger partial charge in [-0.05, 0) is 45.9 Å². The highest BCUT2D eigenvalue weighted by molar-refractivity contribution is 6.49. The largest absolute Gasteiger partial charge is 0.461 e. The Kier molecular flexibility index (Phi) is 7.31. The van der Waals surface area contributed by atoms with Crippen molar-refractivity contribution in [1.82, 2.24) is 0 Å². The lowest BCUT2D eigenvalue weighted by atomic mass is 9.80. The summed E-state index contributed by atoms with van der Waals surface area (Å²) >= 11 is 0. The third-order valence-corrected chi connectivity index (χ3v) is 4.51. The molecular formula is C18H31BO6. The van der Waals surface area contributed by atoms with Gasteiger partial charge in [0, 0.05) is 0 Å². The lowest BCUT2D eigenvalue weighted by Gasteiger charge is -2.18. The first-order valence-corrected chi connectivity index (χ1v) is 9.55. The molecule has 2 rings (SSSR count). The molecule has 2 aliphatic rings. The summed E-state index contributed by atoms with van der Waals surface area (Å²) in [6.07, 6.45) is 3.13. The van der Waals surface area contributed by atoms with Gasteiger partial charge in [0.05, 0.1) is 12.2 Å². The van der Waals surface area contributed by atoms with Crippen molar-refractivity contribution in [1.29, 1.82) is 0 Å². The predicted molar refractivity (Wildman–Crippen MR) is 94.0 cm³/mol. The topological polar surface area (TPSA) is 71.1 Å². The van der Waals surface area contributed by atoms with Crippen molar-refractivity contribution in [2.24, 2.45) is 5.92 Å². The molecule has 7 heteroatoms. The lowest BCUT2D eigenvalue weighted by Crippen LogP contribution is -2.40. The minimum absolute atomic E-state index is 0.253. The van der Waals surface area contributed by atoms with Gasteiger partial charge in [0.25, 0.3) is 0 Å². The fourth-order valence-electron chi connectivity index (χ4n) is 3.22. The van der Waals surface area contributed by atoms with E-state index in [2.05, 4.69) is 6.92 Å². The number of unbranched alkanes of at least 4 members (excludes halogenated alkanes) is 2. The van der Waals surface area contributed by atoms with Crippen LogP contribution in [-0.4, -0.2) is 43.5 Å². The molecule has 0 aromatic heterocycles. The monoisotopic (exact) mass is 354 g/mol. The average Bonchev–Trinajstić information content (AvgIpc) is 3.13. The van der Waals surface area contributed by atoms with E-state index in [1.54, 1.807) is 27.7 Å². The number of ether oxygens (including phenoxy) is 2. The molecular weight excluding hydrogens is 323 g/mol. The molecule has 6 nitrogen and oxygen atoms in total. The highest BCUT2D eigenvalue weighted by Gasteiger charge is 2.58. The van der Waals surface area contributed by atoms with Crippen LogP contribution in [0.1, 0.15) is 66.7 Å². The lowest BCUT2D eigenvalue weighted by molar-refractivity contribution is -0.167. The summed E-state index contributed by atoms with van der Waals surface area (Å²) in [6, 6.07) is 0. The summed E-state index contributed by atoms with van der Waals surface area (Å²) in [4.78, 5) is 24.6. The SMILES string of the molecule is CCCCC[C@H]1C[C@@H]1B1O[C@@H](C(=O)OC(C)C)[C@H](C(=O)OC(C)C)O1. The molecule has 0 unspecified atom stereocenters. The number of rotatable bonds is 9. The molecule has 0 aromatic rings. The smallest absolute Gasteiger partial charge is 0.461 e. The van der Waals surface area contributed by atoms with Gasteiger partial charge >= 0.3 is 19.1 Å². The second-order valence-corrected chi connectivity index (χ2v) is 7.61. The second-order valence-electron chi connectivity index (χ2n) is 7.61. The Morgan fingerprint density at radius 2 is 1.52 bits per heavy atom. The fourth-order valence-corrected chi connectivity index (χ4v) is 3.22. The van der Waals surface area contributed by atoms with E-state index >= 15 is 0 Å². The summed E-state index contributed by atoms with van der Waals surface area (Å²) in [5.41, 5.74) is 0. The van der Waals surface area contributed by atoms with E-state index in [1.165, 1.54) is 19.3 Å². The molecule has 1 saturated heterocycles. The summed E-state index contributed by atoms with van der Waals surface area (Å²) in [5, 5.41) is 0. The molecule has 25 heavy (non-hydrogen) atoms. The van der Waals surface area contributed by atoms with Crippen LogP contribution >= 0.6 is 0 Å². The van der Waals surface area contributed by atoms with Crippen LogP contribution in [0.25, 0.3) is 0 Å². The number of esters is 2. The van der Waals surface area contributed by atoms with E-state index in [9.17, 15) is 9.59 Å². The van der Waals surface area contributed by atoms with Gasteiger partial charge in [0.2, 0.25) is 0 Å². The molecule has 0 radical (unpaired) electrons. The van der Waals surface area contributed by atoms with Gasteiger partial charge in [-0.25, -0.2) is 9.59 Å². The third kappa shape index (κ3) is 5.71. The van der Waals surface area contributed by atoms with Crippen molar-refractivity contribution in [3.63, 3.8) is 0 Å². The Balaban J connectivity index is 1.96. The molecule has 0 amide bonds. The van der Waals surface area contributed by atoms with Crippen LogP contribution in [0.5, 0.6) is 0 Å². The molecule has 1 saturated carbocycles. The van der Waals surface area contributed by atoms with E-state index in [0.29, 0.717) is 5.92 Å². The highest BCUT2D eigenvalue weighted by atomic mass is 16.7. The van der Waals surface area contributed by atoms with Crippen LogP contribution in [0, 0.1) is 5.92 Å². The van der Waals surface area contributed by atoms with Crippen molar-refractivity contribution >= 4 is 19.1 Å². The molecule has 0 aromatic carbocycles. The zero-order chi connectivity index (χ0) is 18.6. The number of carbonyl (C=O) groups excluding carboxylic acids is 2. The standard InChI is InChI=1S/C18H31BO6/c1-6-7-8-9-13-10-14(13)19-24-15(17(20)22-11(2)3)16(25-19)18(21)23-12(4)5/h11-16H,6-10H2,1-5H3/t13-,14-,15+,16+/m0/s1. The molecule has 142 valence electrons. The fraction of sp³-hybridized carbons (Fsp3) is 0.889. The first kappa shape index (κ1) is 20.2. The van der Waals surface area contributed by atoms with Gasteiger partial charge in [-0.3, -0.25) is 0 Å². The third-order valence-electron chi connectivity index (χ3n) is 4.51. The van der Waals surface area contributed by atoms with E-state index in [1.807, 2.05) is 0 Å². The van der Waals surface area contributed by atoms with E-state index in [-0.39, 0.29) is 18.0 Å². The van der Waals surface area contributed by atoms with Gasteiger partial charge in [0.1, 0.15) is 0 Å². The van der Waals surface area contributed by atoms with Crippen LogP contribution in [0.3, 0.4) is 0 Å². The van der Waals surface area contributed by atoms with Crippen molar-refractivity contribution in [3.8, 4) is 0 Å². The molecule has 1 aliphatic heterocycles. The minimum Gasteiger partial charge on any atom is -0.461 e. The van der Waals surface area contributed by atoms with Gasteiger partial charge in [-0.1, -0.05) is 32.6 Å². The Hall–Kier alpha value is -1.08.